The Morgan fingerprint density at radius 2 is 2.15 bits per heavy atom. The minimum absolute atomic E-state index is 0.516. The van der Waals surface area contributed by atoms with Crippen LogP contribution >= 0.6 is 22.9 Å². The van der Waals surface area contributed by atoms with Gasteiger partial charge in [0.25, 0.3) is 0 Å². The first-order valence-corrected chi connectivity index (χ1v) is 7.47. The fourth-order valence-electron chi connectivity index (χ4n) is 2.12. The van der Waals surface area contributed by atoms with E-state index in [2.05, 4.69) is 20.4 Å². The molecule has 0 bridgehead atoms. The van der Waals surface area contributed by atoms with Crippen molar-refractivity contribution in [2.45, 2.75) is 20.4 Å². The van der Waals surface area contributed by atoms with Gasteiger partial charge >= 0.3 is 0 Å². The van der Waals surface area contributed by atoms with Crippen molar-refractivity contribution < 1.29 is 0 Å². The highest BCUT2D eigenvalue weighted by atomic mass is 35.5. The second-order valence-electron chi connectivity index (χ2n) is 4.52. The van der Waals surface area contributed by atoms with E-state index in [4.69, 9.17) is 11.6 Å². The van der Waals surface area contributed by atoms with Crippen molar-refractivity contribution >= 4 is 39.0 Å². The summed E-state index contributed by atoms with van der Waals surface area (Å²) in [5, 5.41) is 11.3. The van der Waals surface area contributed by atoms with Crippen LogP contribution in [0.1, 0.15) is 17.2 Å². The van der Waals surface area contributed by atoms with Crippen molar-refractivity contribution in [3.8, 4) is 0 Å². The van der Waals surface area contributed by atoms with Gasteiger partial charge in [-0.3, -0.25) is 4.68 Å². The predicted molar refractivity (Wildman–Crippen MR) is 82.8 cm³/mol. The zero-order valence-corrected chi connectivity index (χ0v) is 13.0. The van der Waals surface area contributed by atoms with Gasteiger partial charge < -0.3 is 5.32 Å². The highest BCUT2D eigenvalue weighted by molar-refractivity contribution is 7.16. The molecule has 0 amide bonds. The highest BCUT2D eigenvalue weighted by Gasteiger charge is 2.12. The monoisotopic (exact) mass is 307 g/mol. The molecule has 0 aromatic carbocycles. The van der Waals surface area contributed by atoms with Crippen molar-refractivity contribution in [2.75, 3.05) is 12.4 Å². The quantitative estimate of drug-likeness (QED) is 0.807. The first-order chi connectivity index (χ1) is 9.60. The lowest BCUT2D eigenvalue weighted by molar-refractivity contribution is 0.635. The molecule has 0 saturated heterocycles. The highest BCUT2D eigenvalue weighted by Crippen LogP contribution is 2.25. The summed E-state index contributed by atoms with van der Waals surface area (Å²) in [5.74, 6) is 1.57. The first kappa shape index (κ1) is 13.3. The molecule has 0 radical (unpaired) electrons. The minimum Gasteiger partial charge on any atom is -0.372 e. The summed E-state index contributed by atoms with van der Waals surface area (Å²) in [4.78, 5) is 10.1. The molecule has 104 valence electrons. The number of hydrogen-bond donors (Lipinski definition) is 1. The number of rotatable bonds is 3. The molecule has 1 N–H and O–H groups in total. The van der Waals surface area contributed by atoms with Gasteiger partial charge in [-0.05, 0) is 25.3 Å². The van der Waals surface area contributed by atoms with Crippen LogP contribution in [0.3, 0.4) is 0 Å². The van der Waals surface area contributed by atoms with Crippen molar-refractivity contribution in [1.82, 2.24) is 19.7 Å². The summed E-state index contributed by atoms with van der Waals surface area (Å²) in [7, 11) is 1.86. The Kier molecular flexibility index (Phi) is 3.35. The molecule has 0 aliphatic carbocycles. The molecule has 0 atom stereocenters. The lowest BCUT2D eigenvalue weighted by atomic mass is 10.3. The number of hydrogen-bond acceptors (Lipinski definition) is 5. The van der Waals surface area contributed by atoms with Crippen molar-refractivity contribution in [3.05, 3.63) is 33.7 Å². The van der Waals surface area contributed by atoms with Gasteiger partial charge in [-0.1, -0.05) is 11.6 Å². The Balaban J connectivity index is 2.04. The van der Waals surface area contributed by atoms with Crippen molar-refractivity contribution in [2.24, 2.45) is 0 Å². The van der Waals surface area contributed by atoms with Gasteiger partial charge in [0.2, 0.25) is 0 Å². The van der Waals surface area contributed by atoms with Gasteiger partial charge in [0.05, 0.1) is 21.8 Å². The van der Waals surface area contributed by atoms with Gasteiger partial charge in [-0.15, -0.1) is 11.3 Å². The number of fused-ring (bicyclic) bond motifs is 1. The third kappa shape index (κ3) is 2.14. The lowest BCUT2D eigenvalue weighted by Crippen LogP contribution is -2.09. The number of anilines is 1. The molecule has 0 spiro atoms. The van der Waals surface area contributed by atoms with Crippen LogP contribution in [0.25, 0.3) is 10.2 Å². The van der Waals surface area contributed by atoms with Gasteiger partial charge in [-0.25, -0.2) is 9.97 Å². The fourth-order valence-corrected chi connectivity index (χ4v) is 3.04. The molecular weight excluding hydrogens is 294 g/mol. The Morgan fingerprint density at radius 1 is 1.35 bits per heavy atom. The molecular formula is C13H14ClN5S. The summed E-state index contributed by atoms with van der Waals surface area (Å²) in [5.41, 5.74) is 1.76. The molecule has 0 aliphatic heterocycles. The van der Waals surface area contributed by atoms with Gasteiger partial charge in [0.1, 0.15) is 17.2 Å². The topological polar surface area (TPSA) is 55.6 Å². The second-order valence-corrected chi connectivity index (χ2v) is 5.79. The van der Waals surface area contributed by atoms with E-state index in [0.29, 0.717) is 11.6 Å². The number of halogens is 1. The van der Waals surface area contributed by atoms with Crippen LogP contribution in [0, 0.1) is 13.8 Å². The average molecular weight is 308 g/mol. The molecule has 0 aliphatic rings. The minimum atomic E-state index is 0.516. The zero-order chi connectivity index (χ0) is 14.3. The maximum atomic E-state index is 6.17. The second kappa shape index (κ2) is 5.03. The molecule has 20 heavy (non-hydrogen) atoms. The number of aromatic nitrogens is 4. The molecule has 3 aromatic rings. The van der Waals surface area contributed by atoms with E-state index in [9.17, 15) is 0 Å². The normalized spacial score (nSPS) is 11.2. The summed E-state index contributed by atoms with van der Waals surface area (Å²) < 4.78 is 1.84. The summed E-state index contributed by atoms with van der Waals surface area (Å²) in [6, 6.07) is 2.02. The van der Waals surface area contributed by atoms with Gasteiger partial charge in [-0.2, -0.15) is 5.10 Å². The van der Waals surface area contributed by atoms with E-state index in [1.54, 1.807) is 11.3 Å². The van der Waals surface area contributed by atoms with E-state index < -0.39 is 0 Å². The van der Waals surface area contributed by atoms with Crippen LogP contribution in [0.2, 0.25) is 5.02 Å². The number of nitrogens with one attached hydrogen (secondary N) is 1. The maximum Gasteiger partial charge on any atom is 0.153 e. The van der Waals surface area contributed by atoms with Crippen LogP contribution in [0.15, 0.2) is 11.4 Å². The number of nitrogens with zero attached hydrogens (tertiary/aromatic N) is 4. The smallest absolute Gasteiger partial charge is 0.153 e. The summed E-state index contributed by atoms with van der Waals surface area (Å²) in [6.07, 6.45) is 0. The molecule has 3 aromatic heterocycles. The van der Waals surface area contributed by atoms with Crippen LogP contribution in [-0.4, -0.2) is 26.8 Å². The molecule has 3 rings (SSSR count). The Morgan fingerprint density at radius 3 is 2.80 bits per heavy atom. The lowest BCUT2D eigenvalue weighted by Gasteiger charge is -2.07. The van der Waals surface area contributed by atoms with Crippen LogP contribution < -0.4 is 5.32 Å². The van der Waals surface area contributed by atoms with Crippen LogP contribution in [0.4, 0.5) is 5.82 Å². The molecule has 0 fully saturated rings. The molecule has 5 nitrogen and oxygen atoms in total. The van der Waals surface area contributed by atoms with Crippen molar-refractivity contribution in [3.63, 3.8) is 0 Å². The third-order valence-corrected chi connectivity index (χ3v) is 4.55. The molecule has 0 saturated carbocycles. The first-order valence-electron chi connectivity index (χ1n) is 6.21. The average Bonchev–Trinajstić information content (AvgIpc) is 2.99. The number of thiophene rings is 1. The standard InChI is InChI=1S/C13H14ClN5S/c1-7-11(14)8(2)19(18-7)6-10-16-12(15-3)9-4-5-20-13(9)17-10/h4-5H,6H2,1-3H3,(H,15,16,17). The molecule has 7 heteroatoms. The Hall–Kier alpha value is -1.66. The SMILES string of the molecule is CNc1nc(Cn2nc(C)c(Cl)c2C)nc2sccc12. The predicted octanol–water partition coefficient (Wildman–Crippen LogP) is 3.25. The fraction of sp³-hybridized carbons (Fsp3) is 0.308. The third-order valence-electron chi connectivity index (χ3n) is 3.19. The summed E-state index contributed by atoms with van der Waals surface area (Å²) >= 11 is 7.77. The largest absolute Gasteiger partial charge is 0.372 e. The van der Waals surface area contributed by atoms with E-state index in [1.807, 2.05) is 37.0 Å². The summed E-state index contributed by atoms with van der Waals surface area (Å²) in [6.45, 7) is 4.36. The molecule has 3 heterocycles. The van der Waals surface area contributed by atoms with Crippen LogP contribution in [-0.2, 0) is 6.54 Å². The Labute approximate surface area is 125 Å². The van der Waals surface area contributed by atoms with Gasteiger partial charge in [0.15, 0.2) is 5.82 Å². The van der Waals surface area contributed by atoms with Crippen LogP contribution in [0.5, 0.6) is 0 Å². The van der Waals surface area contributed by atoms with Crippen molar-refractivity contribution in [1.29, 1.82) is 0 Å². The van der Waals surface area contributed by atoms with Gasteiger partial charge in [0, 0.05) is 7.05 Å². The van der Waals surface area contributed by atoms with E-state index in [0.717, 1.165) is 33.2 Å². The van der Waals surface area contributed by atoms with E-state index in [-0.39, 0.29) is 0 Å². The maximum absolute atomic E-state index is 6.17. The van der Waals surface area contributed by atoms with E-state index >= 15 is 0 Å². The van der Waals surface area contributed by atoms with E-state index in [1.165, 1.54) is 0 Å². The Bertz CT molecular complexity index is 777. The zero-order valence-electron chi connectivity index (χ0n) is 11.4. The molecule has 0 unspecified atom stereocenters. The number of aryl methyl sites for hydroxylation is 1.